The molecule has 0 aliphatic heterocycles. The molecule has 0 saturated heterocycles. The van der Waals surface area contributed by atoms with Gasteiger partial charge in [-0.1, -0.05) is 0 Å². The van der Waals surface area contributed by atoms with Crippen LogP contribution in [0.3, 0.4) is 0 Å². The molecule has 0 aromatic heterocycles. The summed E-state index contributed by atoms with van der Waals surface area (Å²) in [5, 5.41) is 8.80. The van der Waals surface area contributed by atoms with E-state index in [1.54, 1.807) is 0 Å². The van der Waals surface area contributed by atoms with E-state index >= 15 is 0 Å². The summed E-state index contributed by atoms with van der Waals surface area (Å²) in [5.74, 6) is 0. The van der Waals surface area contributed by atoms with E-state index in [9.17, 15) is 0 Å². The van der Waals surface area contributed by atoms with E-state index in [0.29, 0.717) is 13.2 Å². The molecular formula is C6H17NO2Si. The van der Waals surface area contributed by atoms with Crippen LogP contribution in [-0.2, 0) is 4.43 Å². The fraction of sp³-hybridized carbons (Fsp3) is 1.00. The molecule has 0 fully saturated rings. The summed E-state index contributed by atoms with van der Waals surface area (Å²) in [7, 11) is -1.71. The van der Waals surface area contributed by atoms with Crippen LogP contribution in [-0.4, -0.2) is 32.8 Å². The second kappa shape index (κ2) is 4.84. The minimum absolute atomic E-state index is 0.192. The molecule has 0 spiro atoms. The van der Waals surface area contributed by atoms with Crippen molar-refractivity contribution in [3.8, 4) is 0 Å². The van der Waals surface area contributed by atoms with Gasteiger partial charge < -0.3 is 15.3 Å². The van der Waals surface area contributed by atoms with Gasteiger partial charge in [0.25, 0.3) is 0 Å². The maximum Gasteiger partial charge on any atom is 0.211 e. The Balaban J connectivity index is 3.28. The highest BCUT2D eigenvalue weighted by molar-refractivity contribution is 6.70. The Morgan fingerprint density at radius 1 is 1.50 bits per heavy atom. The van der Waals surface area contributed by atoms with Crippen molar-refractivity contribution in [2.45, 2.75) is 19.5 Å². The van der Waals surface area contributed by atoms with Crippen molar-refractivity contribution in [3.63, 3.8) is 0 Å². The van der Waals surface area contributed by atoms with Crippen LogP contribution in [0.15, 0.2) is 0 Å². The fourth-order valence-corrected chi connectivity index (χ4v) is 1.27. The molecule has 0 aromatic carbocycles. The lowest BCUT2D eigenvalue weighted by Gasteiger charge is -2.19. The van der Waals surface area contributed by atoms with Crippen LogP contribution in [0.2, 0.25) is 13.1 Å². The van der Waals surface area contributed by atoms with Crippen molar-refractivity contribution in [2.75, 3.05) is 19.4 Å². The van der Waals surface area contributed by atoms with Gasteiger partial charge in [-0.05, 0) is 26.1 Å². The van der Waals surface area contributed by atoms with Crippen LogP contribution in [0.5, 0.6) is 0 Å². The standard InChI is InChI=1S/C6H17NO2Si/c1-10(2,6-8)9-5-3-4-7/h8H,3-7H2,1-2H3. The second-order valence-corrected chi connectivity index (χ2v) is 7.03. The van der Waals surface area contributed by atoms with Crippen LogP contribution in [0, 0.1) is 0 Å². The van der Waals surface area contributed by atoms with Gasteiger partial charge in [0.1, 0.15) is 0 Å². The van der Waals surface area contributed by atoms with Crippen LogP contribution in [0.1, 0.15) is 6.42 Å². The summed E-state index contributed by atoms with van der Waals surface area (Å²) >= 11 is 0. The molecule has 10 heavy (non-hydrogen) atoms. The first-order valence-electron chi connectivity index (χ1n) is 3.57. The predicted molar refractivity (Wildman–Crippen MR) is 44.2 cm³/mol. The maximum atomic E-state index is 8.80. The molecule has 4 heteroatoms. The third kappa shape index (κ3) is 4.93. The summed E-state index contributed by atoms with van der Waals surface area (Å²) < 4.78 is 5.43. The molecule has 3 N–H and O–H groups in total. The van der Waals surface area contributed by atoms with Crippen molar-refractivity contribution < 1.29 is 9.53 Å². The summed E-state index contributed by atoms with van der Waals surface area (Å²) in [5.41, 5.74) is 5.27. The highest BCUT2D eigenvalue weighted by Gasteiger charge is 2.19. The van der Waals surface area contributed by atoms with Gasteiger partial charge >= 0.3 is 0 Å². The smallest absolute Gasteiger partial charge is 0.211 e. The van der Waals surface area contributed by atoms with Crippen molar-refractivity contribution in [3.05, 3.63) is 0 Å². The average molecular weight is 163 g/mol. The van der Waals surface area contributed by atoms with Gasteiger partial charge in [0, 0.05) is 6.61 Å². The van der Waals surface area contributed by atoms with Crippen molar-refractivity contribution in [1.29, 1.82) is 0 Å². The molecular weight excluding hydrogens is 146 g/mol. The zero-order chi connectivity index (χ0) is 8.04. The SMILES string of the molecule is C[Si](C)(CO)OCCCN. The quantitative estimate of drug-likeness (QED) is 0.446. The summed E-state index contributed by atoms with van der Waals surface area (Å²) in [6.07, 6.45) is 1.08. The zero-order valence-corrected chi connectivity index (χ0v) is 7.76. The molecule has 0 amide bonds. The topological polar surface area (TPSA) is 55.5 Å². The van der Waals surface area contributed by atoms with E-state index in [1.165, 1.54) is 0 Å². The molecule has 0 aliphatic rings. The third-order valence-electron chi connectivity index (χ3n) is 1.22. The lowest BCUT2D eigenvalue weighted by atomic mass is 10.5. The third-order valence-corrected chi connectivity index (χ3v) is 2.97. The van der Waals surface area contributed by atoms with E-state index in [4.69, 9.17) is 15.3 Å². The van der Waals surface area contributed by atoms with Crippen LogP contribution < -0.4 is 5.73 Å². The van der Waals surface area contributed by atoms with Gasteiger partial charge in [-0.3, -0.25) is 0 Å². The molecule has 62 valence electrons. The Morgan fingerprint density at radius 3 is 2.50 bits per heavy atom. The minimum atomic E-state index is -1.71. The first-order chi connectivity index (χ1) is 4.62. The van der Waals surface area contributed by atoms with Crippen molar-refractivity contribution in [1.82, 2.24) is 0 Å². The maximum absolute atomic E-state index is 8.80. The van der Waals surface area contributed by atoms with Gasteiger partial charge in [-0.15, -0.1) is 0 Å². The Bertz CT molecular complexity index is 87.8. The lowest BCUT2D eigenvalue weighted by Crippen LogP contribution is -2.36. The molecule has 0 saturated carbocycles. The average Bonchev–Trinajstić information content (AvgIpc) is 1.89. The Labute approximate surface area is 63.3 Å². The van der Waals surface area contributed by atoms with Crippen LogP contribution >= 0.6 is 0 Å². The predicted octanol–water partition coefficient (Wildman–Crippen LogP) is 0.0884. The van der Waals surface area contributed by atoms with Crippen LogP contribution in [0.4, 0.5) is 0 Å². The number of nitrogens with two attached hydrogens (primary N) is 1. The van der Waals surface area contributed by atoms with E-state index in [-0.39, 0.29) is 6.23 Å². The van der Waals surface area contributed by atoms with Gasteiger partial charge in [0.05, 0.1) is 6.23 Å². The highest BCUT2D eigenvalue weighted by Crippen LogP contribution is 2.02. The molecule has 0 rings (SSSR count). The normalized spacial score (nSPS) is 12.0. The highest BCUT2D eigenvalue weighted by atomic mass is 28.4. The van der Waals surface area contributed by atoms with Crippen molar-refractivity contribution in [2.24, 2.45) is 5.73 Å². The number of hydrogen-bond acceptors (Lipinski definition) is 3. The molecule has 0 bridgehead atoms. The van der Waals surface area contributed by atoms with Crippen LogP contribution in [0.25, 0.3) is 0 Å². The molecule has 0 atom stereocenters. The number of hydrogen-bond donors (Lipinski definition) is 2. The van der Waals surface area contributed by atoms with Crippen molar-refractivity contribution >= 4 is 8.32 Å². The molecule has 3 nitrogen and oxygen atoms in total. The second-order valence-electron chi connectivity index (χ2n) is 2.91. The number of rotatable bonds is 5. The number of aliphatic hydroxyl groups excluding tert-OH is 1. The lowest BCUT2D eigenvalue weighted by molar-refractivity contribution is 0.260. The van der Waals surface area contributed by atoms with E-state index < -0.39 is 8.32 Å². The first-order valence-corrected chi connectivity index (χ1v) is 6.69. The van der Waals surface area contributed by atoms with Gasteiger partial charge in [0.15, 0.2) is 0 Å². The van der Waals surface area contributed by atoms with Gasteiger partial charge in [-0.2, -0.15) is 0 Å². The zero-order valence-electron chi connectivity index (χ0n) is 6.76. The monoisotopic (exact) mass is 163 g/mol. The first kappa shape index (κ1) is 10.1. The Morgan fingerprint density at radius 2 is 2.10 bits per heavy atom. The summed E-state index contributed by atoms with van der Waals surface area (Å²) in [6.45, 7) is 5.33. The Kier molecular flexibility index (Phi) is 4.89. The number of aliphatic hydroxyl groups is 1. The molecule has 0 unspecified atom stereocenters. The summed E-state index contributed by atoms with van der Waals surface area (Å²) in [6, 6.07) is 0. The molecule has 0 aliphatic carbocycles. The van der Waals surface area contributed by atoms with Gasteiger partial charge in [0.2, 0.25) is 8.32 Å². The minimum Gasteiger partial charge on any atom is -0.415 e. The fourth-order valence-electron chi connectivity index (χ4n) is 0.477. The van der Waals surface area contributed by atoms with E-state index in [1.807, 2.05) is 13.1 Å². The largest absolute Gasteiger partial charge is 0.415 e. The van der Waals surface area contributed by atoms with E-state index in [0.717, 1.165) is 6.42 Å². The van der Waals surface area contributed by atoms with E-state index in [2.05, 4.69) is 0 Å². The Hall–Kier alpha value is 0.0969. The molecule has 0 aromatic rings. The molecule has 0 radical (unpaired) electrons. The van der Waals surface area contributed by atoms with Gasteiger partial charge in [-0.25, -0.2) is 0 Å². The summed E-state index contributed by atoms with van der Waals surface area (Å²) in [4.78, 5) is 0. The molecule has 0 heterocycles.